The monoisotopic (exact) mass is 587 g/mol. The Morgan fingerprint density at radius 2 is 1.73 bits per heavy atom. The molecule has 0 aliphatic heterocycles. The number of hydrogen-bond donors (Lipinski definition) is 0. The van der Waals surface area contributed by atoms with Gasteiger partial charge in [-0.3, -0.25) is 4.79 Å². The second kappa shape index (κ2) is 11.1. The van der Waals surface area contributed by atoms with Gasteiger partial charge in [0, 0.05) is 0 Å². The van der Waals surface area contributed by atoms with Crippen molar-refractivity contribution in [3.63, 3.8) is 0 Å². The summed E-state index contributed by atoms with van der Waals surface area (Å²) in [4.78, 5) is 18.3. The van der Waals surface area contributed by atoms with Gasteiger partial charge in [-0.2, -0.15) is 9.78 Å². The topological polar surface area (TPSA) is 78.9 Å². The summed E-state index contributed by atoms with van der Waals surface area (Å²) < 4.78 is 31.7. The van der Waals surface area contributed by atoms with Gasteiger partial charge < -0.3 is 13.9 Å². The lowest BCUT2D eigenvalue weighted by atomic mass is 10.2. The molecule has 204 valence electrons. The summed E-state index contributed by atoms with van der Waals surface area (Å²) in [5.74, 6) is 1.11. The van der Waals surface area contributed by atoms with E-state index in [1.807, 2.05) is 12.1 Å². The van der Waals surface area contributed by atoms with E-state index in [0.717, 1.165) is 10.9 Å². The Bertz CT molecular complexity index is 1980. The van der Waals surface area contributed by atoms with Crippen molar-refractivity contribution in [1.29, 1.82) is 0 Å². The second-order valence-electron chi connectivity index (χ2n) is 9.03. The fourth-order valence-electron chi connectivity index (χ4n) is 4.37. The minimum atomic E-state index is -0.384. The molecular formula is C31H20Cl2FN3O4. The third-order valence-corrected chi connectivity index (χ3v) is 6.92. The summed E-state index contributed by atoms with van der Waals surface area (Å²) in [6, 6.07) is 23.3. The number of furan rings is 1. The lowest BCUT2D eigenvalue weighted by Gasteiger charge is -2.11. The van der Waals surface area contributed by atoms with E-state index in [9.17, 15) is 9.18 Å². The maximum absolute atomic E-state index is 13.6. The molecule has 7 nitrogen and oxygen atoms in total. The molecule has 0 N–H and O–H groups in total. The van der Waals surface area contributed by atoms with Gasteiger partial charge in [0.2, 0.25) is 5.82 Å². The highest BCUT2D eigenvalue weighted by molar-refractivity contribution is 6.37. The summed E-state index contributed by atoms with van der Waals surface area (Å²) in [5, 5.41) is 6.08. The standard InChI is InChI=1S/C31H20Cl2FN3O4/c1-39-26-7-4-8-27-22(26)15-28(41-27)30-36-25-6-3-2-5-21(25)31(38)37(30)35-16-19-13-23(32)29(24(33)14-19)40-17-18-9-11-20(34)12-10-18/h2-16H,17H2,1H3. The molecule has 0 unspecified atom stereocenters. The van der Waals surface area contributed by atoms with Crippen molar-refractivity contribution < 1.29 is 18.3 Å². The van der Waals surface area contributed by atoms with Gasteiger partial charge >= 0.3 is 0 Å². The Kier molecular flexibility index (Phi) is 7.17. The molecule has 41 heavy (non-hydrogen) atoms. The molecule has 6 aromatic rings. The van der Waals surface area contributed by atoms with Crippen LogP contribution in [0.1, 0.15) is 11.1 Å². The molecule has 0 fully saturated rings. The number of methoxy groups -OCH3 is 1. The van der Waals surface area contributed by atoms with E-state index in [4.69, 9.17) is 42.1 Å². The van der Waals surface area contributed by atoms with Crippen LogP contribution in [0.5, 0.6) is 11.5 Å². The average molecular weight is 588 g/mol. The summed E-state index contributed by atoms with van der Waals surface area (Å²) in [5.41, 5.74) is 1.97. The fraction of sp³-hybridized carbons (Fsp3) is 0.0645. The summed E-state index contributed by atoms with van der Waals surface area (Å²) in [6.45, 7) is 0.150. The molecule has 6 rings (SSSR count). The minimum Gasteiger partial charge on any atom is -0.496 e. The second-order valence-corrected chi connectivity index (χ2v) is 9.84. The maximum Gasteiger partial charge on any atom is 0.282 e. The predicted molar refractivity (Wildman–Crippen MR) is 158 cm³/mol. The molecule has 0 aliphatic carbocycles. The third kappa shape index (κ3) is 5.27. The van der Waals surface area contributed by atoms with E-state index in [1.165, 1.54) is 23.0 Å². The number of ether oxygens (including phenoxy) is 2. The molecule has 0 amide bonds. The first-order chi connectivity index (χ1) is 19.9. The van der Waals surface area contributed by atoms with Crippen LogP contribution in [-0.4, -0.2) is 23.0 Å². The molecule has 0 saturated carbocycles. The molecule has 0 atom stereocenters. The smallest absolute Gasteiger partial charge is 0.282 e. The van der Waals surface area contributed by atoms with E-state index in [-0.39, 0.29) is 39.6 Å². The van der Waals surface area contributed by atoms with Crippen LogP contribution in [0.2, 0.25) is 10.0 Å². The van der Waals surface area contributed by atoms with Crippen molar-refractivity contribution in [2.75, 3.05) is 7.11 Å². The van der Waals surface area contributed by atoms with Crippen LogP contribution in [0.25, 0.3) is 33.5 Å². The zero-order valence-electron chi connectivity index (χ0n) is 21.5. The van der Waals surface area contributed by atoms with Crippen LogP contribution >= 0.6 is 23.2 Å². The van der Waals surface area contributed by atoms with Crippen LogP contribution in [0.4, 0.5) is 4.39 Å². The van der Waals surface area contributed by atoms with Crippen LogP contribution in [0, 0.1) is 5.82 Å². The van der Waals surface area contributed by atoms with Crippen LogP contribution in [0.3, 0.4) is 0 Å². The number of aromatic nitrogens is 2. The van der Waals surface area contributed by atoms with Crippen molar-refractivity contribution in [2.24, 2.45) is 5.10 Å². The van der Waals surface area contributed by atoms with Crippen molar-refractivity contribution in [3.8, 4) is 23.1 Å². The predicted octanol–water partition coefficient (Wildman–Crippen LogP) is 7.73. The van der Waals surface area contributed by atoms with Crippen LogP contribution in [0.15, 0.2) is 99.2 Å². The van der Waals surface area contributed by atoms with E-state index < -0.39 is 0 Å². The zero-order chi connectivity index (χ0) is 28.5. The Morgan fingerprint density at radius 1 is 0.976 bits per heavy atom. The molecule has 0 spiro atoms. The maximum atomic E-state index is 13.6. The van der Waals surface area contributed by atoms with Gasteiger partial charge in [-0.15, -0.1) is 0 Å². The molecular weight excluding hydrogens is 568 g/mol. The van der Waals surface area contributed by atoms with Crippen molar-refractivity contribution >= 4 is 51.3 Å². The Balaban J connectivity index is 1.38. The highest BCUT2D eigenvalue weighted by Crippen LogP contribution is 2.35. The van der Waals surface area contributed by atoms with Gasteiger partial charge in [0.25, 0.3) is 5.56 Å². The number of halogens is 3. The number of benzene rings is 4. The number of fused-ring (bicyclic) bond motifs is 2. The lowest BCUT2D eigenvalue weighted by molar-refractivity contribution is 0.306. The number of rotatable bonds is 7. The Morgan fingerprint density at radius 3 is 2.49 bits per heavy atom. The number of para-hydroxylation sites is 1. The number of hydrogen-bond acceptors (Lipinski definition) is 6. The highest BCUT2D eigenvalue weighted by atomic mass is 35.5. The van der Waals surface area contributed by atoms with Crippen molar-refractivity contribution in [3.05, 3.63) is 122 Å². The minimum absolute atomic E-state index is 0.150. The first kappa shape index (κ1) is 26.6. The van der Waals surface area contributed by atoms with Crippen LogP contribution in [-0.2, 0) is 6.61 Å². The van der Waals surface area contributed by atoms with Gasteiger partial charge in [-0.25, -0.2) is 9.37 Å². The van der Waals surface area contributed by atoms with Gasteiger partial charge in [0.15, 0.2) is 11.5 Å². The van der Waals surface area contributed by atoms with Gasteiger partial charge in [0.05, 0.1) is 39.7 Å². The molecule has 2 aromatic heterocycles. The fourth-order valence-corrected chi connectivity index (χ4v) is 4.98. The lowest BCUT2D eigenvalue weighted by Crippen LogP contribution is -2.20. The largest absolute Gasteiger partial charge is 0.496 e. The number of nitrogens with zero attached hydrogens (tertiary/aromatic N) is 3. The van der Waals surface area contributed by atoms with Gasteiger partial charge in [-0.05, 0) is 65.7 Å². The van der Waals surface area contributed by atoms with E-state index in [2.05, 4.69) is 5.10 Å². The van der Waals surface area contributed by atoms with Crippen molar-refractivity contribution in [1.82, 2.24) is 9.66 Å². The summed E-state index contributed by atoms with van der Waals surface area (Å²) >= 11 is 13.0. The average Bonchev–Trinajstić information content (AvgIpc) is 3.42. The van der Waals surface area contributed by atoms with Crippen molar-refractivity contribution in [2.45, 2.75) is 6.61 Å². The molecule has 2 heterocycles. The quantitative estimate of drug-likeness (QED) is 0.179. The molecule has 4 aromatic carbocycles. The summed E-state index contributed by atoms with van der Waals surface area (Å²) in [6.07, 6.45) is 1.45. The third-order valence-electron chi connectivity index (χ3n) is 6.35. The normalized spacial score (nSPS) is 11.5. The van der Waals surface area contributed by atoms with E-state index in [1.54, 1.807) is 67.8 Å². The van der Waals surface area contributed by atoms with E-state index in [0.29, 0.717) is 33.6 Å². The SMILES string of the molecule is COc1cccc2oc(-c3nc4ccccc4c(=O)n3N=Cc3cc(Cl)c(OCc4ccc(F)cc4)c(Cl)c3)cc12. The molecule has 0 aliphatic rings. The molecule has 0 radical (unpaired) electrons. The van der Waals surface area contributed by atoms with Gasteiger partial charge in [-0.1, -0.05) is 53.5 Å². The molecule has 0 bridgehead atoms. The zero-order valence-corrected chi connectivity index (χ0v) is 23.0. The first-order valence-corrected chi connectivity index (χ1v) is 13.2. The molecule has 10 heteroatoms. The van der Waals surface area contributed by atoms with Crippen LogP contribution < -0.4 is 15.0 Å². The summed E-state index contributed by atoms with van der Waals surface area (Å²) in [7, 11) is 1.57. The molecule has 0 saturated heterocycles. The van der Waals surface area contributed by atoms with Gasteiger partial charge in [0.1, 0.15) is 23.8 Å². The Hall–Kier alpha value is -4.66. The first-order valence-electron chi connectivity index (χ1n) is 12.4. The highest BCUT2D eigenvalue weighted by Gasteiger charge is 2.18. The van der Waals surface area contributed by atoms with E-state index >= 15 is 0 Å². The Labute approximate surface area is 243 Å².